The van der Waals surface area contributed by atoms with E-state index in [0.29, 0.717) is 12.5 Å². The van der Waals surface area contributed by atoms with Gasteiger partial charge in [-0.1, -0.05) is 15.3 Å². The van der Waals surface area contributed by atoms with E-state index in [1.807, 2.05) is 0 Å². The molecule has 1 aliphatic rings. The molecular weight excluding hydrogens is 419 g/mol. The van der Waals surface area contributed by atoms with E-state index in [2.05, 4.69) is 30.6 Å². The lowest BCUT2D eigenvalue weighted by atomic mass is 10.3. The van der Waals surface area contributed by atoms with E-state index in [4.69, 9.17) is 0 Å². The molecule has 30 heavy (non-hydrogen) atoms. The number of nitrogens with zero attached hydrogens (tertiary/aromatic N) is 4. The van der Waals surface area contributed by atoms with Gasteiger partial charge in [0.25, 0.3) is 5.66 Å². The van der Waals surface area contributed by atoms with Crippen molar-refractivity contribution in [2.24, 2.45) is 5.92 Å². The quantitative estimate of drug-likeness (QED) is 0.413. The summed E-state index contributed by atoms with van der Waals surface area (Å²) >= 11 is 0. The number of hydrogen-bond donors (Lipinski definition) is 2. The van der Waals surface area contributed by atoms with Gasteiger partial charge in [-0.2, -0.15) is 23.7 Å². The van der Waals surface area contributed by atoms with Crippen LogP contribution in [-0.2, 0) is 5.66 Å². The van der Waals surface area contributed by atoms with Crippen molar-refractivity contribution in [2.75, 3.05) is 17.2 Å². The largest absolute Gasteiger partial charge is 0.354 e. The molecule has 1 saturated carbocycles. The van der Waals surface area contributed by atoms with Crippen LogP contribution in [-0.4, -0.2) is 26.5 Å². The van der Waals surface area contributed by atoms with Crippen molar-refractivity contribution in [1.29, 1.82) is 0 Å². The van der Waals surface area contributed by atoms with E-state index in [9.17, 15) is 17.6 Å². The highest BCUT2D eigenvalue weighted by Crippen LogP contribution is 2.34. The van der Waals surface area contributed by atoms with Gasteiger partial charge in [0.1, 0.15) is 23.0 Å². The van der Waals surface area contributed by atoms with Crippen LogP contribution in [0.4, 0.5) is 35.1 Å². The highest BCUT2D eigenvalue weighted by molar-refractivity contribution is 7.17. The number of nitrogens with one attached hydrogen (secondary N) is 2. The second kappa shape index (κ2) is 8.10. The fourth-order valence-electron chi connectivity index (χ4n) is 2.68. The maximum absolute atomic E-state index is 13.6. The minimum atomic E-state index is -3.21. The number of hydrogen-bond acceptors (Lipinski definition) is 6. The van der Waals surface area contributed by atoms with Crippen LogP contribution in [0.1, 0.15) is 18.5 Å². The molecule has 2 aromatic heterocycles. The van der Waals surface area contributed by atoms with Crippen molar-refractivity contribution < 1.29 is 17.6 Å². The molecular formula is C19H17F4N6P. The van der Waals surface area contributed by atoms with Crippen LogP contribution in [0.2, 0.25) is 0 Å². The van der Waals surface area contributed by atoms with Gasteiger partial charge in [0, 0.05) is 18.3 Å². The maximum Gasteiger partial charge on any atom is 0.300 e. The number of aromatic nitrogens is 4. The number of anilines is 3. The van der Waals surface area contributed by atoms with Crippen LogP contribution in [0, 0.1) is 17.6 Å². The Labute approximate surface area is 171 Å². The topological polar surface area (TPSA) is 75.6 Å². The van der Waals surface area contributed by atoms with Crippen molar-refractivity contribution in [3.05, 3.63) is 53.7 Å². The normalized spacial score (nSPS) is 13.9. The van der Waals surface area contributed by atoms with Gasteiger partial charge in [-0.3, -0.25) is 0 Å². The smallest absolute Gasteiger partial charge is 0.300 e. The third-order valence-corrected chi connectivity index (χ3v) is 4.62. The van der Waals surface area contributed by atoms with E-state index < -0.39 is 23.0 Å². The van der Waals surface area contributed by atoms with Gasteiger partial charge in [-0.15, -0.1) is 0 Å². The molecule has 1 aromatic carbocycles. The molecule has 0 aliphatic heterocycles. The van der Waals surface area contributed by atoms with Crippen molar-refractivity contribution >= 4 is 26.8 Å². The maximum atomic E-state index is 13.6. The molecule has 1 atom stereocenters. The Morgan fingerprint density at radius 2 is 1.67 bits per heavy atom. The molecule has 2 heterocycles. The predicted molar refractivity (Wildman–Crippen MR) is 108 cm³/mol. The molecule has 4 rings (SSSR count). The highest BCUT2D eigenvalue weighted by Gasteiger charge is 2.27. The van der Waals surface area contributed by atoms with Crippen molar-refractivity contribution in [3.63, 3.8) is 0 Å². The van der Waals surface area contributed by atoms with E-state index in [-0.39, 0.29) is 29.1 Å². The van der Waals surface area contributed by atoms with E-state index in [1.165, 1.54) is 27.4 Å². The Morgan fingerprint density at radius 1 is 0.967 bits per heavy atom. The van der Waals surface area contributed by atoms with Gasteiger partial charge < -0.3 is 10.6 Å². The second-order valence-electron chi connectivity index (χ2n) is 6.94. The first kappa shape index (κ1) is 20.4. The molecule has 0 radical (unpaired) electrons. The SMILES string of the molecule is Fc1cc(F)cc(Nc2nc(NCC3CC3)nc(-c3cccc(C(F)(F)P)n3)n2)c1. The summed E-state index contributed by atoms with van der Waals surface area (Å²) in [5.74, 6) is -0.772. The first-order chi connectivity index (χ1) is 14.3. The Kier molecular flexibility index (Phi) is 5.51. The average molecular weight is 436 g/mol. The Hall–Kier alpha value is -2.87. The summed E-state index contributed by atoms with van der Waals surface area (Å²) in [7, 11) is 1.43. The lowest BCUT2D eigenvalue weighted by molar-refractivity contribution is 0.0988. The highest BCUT2D eigenvalue weighted by atomic mass is 31.0. The molecule has 156 valence electrons. The summed E-state index contributed by atoms with van der Waals surface area (Å²) in [6, 6.07) is 7.01. The zero-order chi connectivity index (χ0) is 21.3. The summed E-state index contributed by atoms with van der Waals surface area (Å²) in [4.78, 5) is 16.6. The molecule has 0 saturated heterocycles. The van der Waals surface area contributed by atoms with Gasteiger partial charge in [0.15, 0.2) is 5.82 Å². The lowest BCUT2D eigenvalue weighted by Crippen LogP contribution is -2.11. The molecule has 0 spiro atoms. The van der Waals surface area contributed by atoms with Gasteiger partial charge in [-0.25, -0.2) is 13.8 Å². The summed E-state index contributed by atoms with van der Waals surface area (Å²) in [6.07, 6.45) is 2.21. The molecule has 0 bridgehead atoms. The first-order valence-electron chi connectivity index (χ1n) is 9.14. The molecule has 3 aromatic rings. The molecule has 2 N–H and O–H groups in total. The third-order valence-electron chi connectivity index (χ3n) is 4.32. The molecule has 6 nitrogen and oxygen atoms in total. The second-order valence-corrected chi connectivity index (χ2v) is 7.67. The van der Waals surface area contributed by atoms with Gasteiger partial charge in [0.05, 0.1) is 0 Å². The third kappa shape index (κ3) is 5.18. The number of rotatable bonds is 7. The van der Waals surface area contributed by atoms with Gasteiger partial charge >= 0.3 is 0 Å². The van der Waals surface area contributed by atoms with Gasteiger partial charge in [0.2, 0.25) is 11.9 Å². The van der Waals surface area contributed by atoms with Crippen LogP contribution in [0.5, 0.6) is 0 Å². The van der Waals surface area contributed by atoms with Crippen LogP contribution in [0.25, 0.3) is 11.5 Å². The summed E-state index contributed by atoms with van der Waals surface area (Å²) in [5.41, 5.74) is -3.47. The van der Waals surface area contributed by atoms with Crippen molar-refractivity contribution in [3.8, 4) is 11.5 Å². The molecule has 0 amide bonds. The predicted octanol–water partition coefficient (Wildman–Crippen LogP) is 4.70. The van der Waals surface area contributed by atoms with Gasteiger partial charge in [-0.05, 0) is 43.0 Å². The Bertz CT molecular complexity index is 1050. The zero-order valence-electron chi connectivity index (χ0n) is 15.5. The van der Waals surface area contributed by atoms with Crippen molar-refractivity contribution in [1.82, 2.24) is 19.9 Å². The number of benzene rings is 1. The minimum absolute atomic E-state index is 0.00636. The zero-order valence-corrected chi connectivity index (χ0v) is 16.7. The van der Waals surface area contributed by atoms with Crippen molar-refractivity contribution in [2.45, 2.75) is 18.5 Å². The Morgan fingerprint density at radius 3 is 2.33 bits per heavy atom. The molecule has 1 fully saturated rings. The monoisotopic (exact) mass is 436 g/mol. The van der Waals surface area contributed by atoms with Crippen LogP contribution in [0.15, 0.2) is 36.4 Å². The fraction of sp³-hybridized carbons (Fsp3) is 0.263. The number of alkyl halides is 2. The summed E-state index contributed by atoms with van der Waals surface area (Å²) < 4.78 is 54.3. The number of halogens is 4. The van der Waals surface area contributed by atoms with E-state index >= 15 is 0 Å². The van der Waals surface area contributed by atoms with Crippen LogP contribution in [0.3, 0.4) is 0 Å². The molecule has 1 aliphatic carbocycles. The first-order valence-corrected chi connectivity index (χ1v) is 9.72. The molecule has 1 unspecified atom stereocenters. The Balaban J connectivity index is 1.70. The van der Waals surface area contributed by atoms with Crippen LogP contribution < -0.4 is 10.6 Å². The minimum Gasteiger partial charge on any atom is -0.354 e. The lowest BCUT2D eigenvalue weighted by Gasteiger charge is -2.12. The van der Waals surface area contributed by atoms with Crippen LogP contribution >= 0.6 is 9.24 Å². The van der Waals surface area contributed by atoms with E-state index in [0.717, 1.165) is 31.0 Å². The molecule has 11 heteroatoms. The van der Waals surface area contributed by atoms with E-state index in [1.54, 1.807) is 0 Å². The summed E-state index contributed by atoms with van der Waals surface area (Å²) in [6.45, 7) is 0.647. The summed E-state index contributed by atoms with van der Waals surface area (Å²) in [5, 5.41) is 5.80. The average Bonchev–Trinajstić information content (AvgIpc) is 3.49. The fourth-order valence-corrected chi connectivity index (χ4v) is 2.84. The number of pyridine rings is 1. The standard InChI is InChI=1S/C19H17F4N6P/c20-11-6-12(21)8-13(7-11)25-18-28-16(27-17(29-18)24-9-10-4-5-10)14-2-1-3-15(26-14)19(22,23)30/h1-3,6-8,10H,4-5,9,30H2,(H2,24,25,27,28,29).